The molecule has 8 nitrogen and oxygen atoms in total. The van der Waals surface area contributed by atoms with Crippen LogP contribution in [-0.4, -0.2) is 55.4 Å². The number of nitrogens with zero attached hydrogens (tertiary/aromatic N) is 6. The normalized spacial score (nSPS) is 16.5. The predicted octanol–water partition coefficient (Wildman–Crippen LogP) is 3.30. The minimum atomic E-state index is -0.333. The van der Waals surface area contributed by atoms with Gasteiger partial charge in [-0.3, -0.25) is 9.48 Å². The number of benzene rings is 1. The summed E-state index contributed by atoms with van der Waals surface area (Å²) in [7, 11) is 3.36. The molecule has 1 amide bonds. The summed E-state index contributed by atoms with van der Waals surface area (Å²) in [4.78, 5) is 19.4. The molecule has 4 heterocycles. The highest BCUT2D eigenvalue weighted by Gasteiger charge is 2.28. The molecule has 1 saturated heterocycles. The van der Waals surface area contributed by atoms with Gasteiger partial charge in [-0.1, -0.05) is 0 Å². The van der Waals surface area contributed by atoms with Crippen LogP contribution in [0.25, 0.3) is 16.8 Å². The molecular formula is C23H23FN6O2. The first-order valence-corrected chi connectivity index (χ1v) is 10.5. The Morgan fingerprint density at radius 1 is 1.22 bits per heavy atom. The molecule has 0 unspecified atom stereocenters. The first kappa shape index (κ1) is 20.2. The molecule has 0 radical (unpaired) electrons. The molecule has 0 saturated carbocycles. The Morgan fingerprint density at radius 3 is 2.88 bits per heavy atom. The fraction of sp³-hybridized carbons (Fsp3) is 0.304. The number of ether oxygens (including phenoxy) is 1. The molecular weight excluding hydrogens is 411 g/mol. The highest BCUT2D eigenvalue weighted by atomic mass is 19.1. The Hall–Kier alpha value is -3.75. The van der Waals surface area contributed by atoms with Gasteiger partial charge in [0.15, 0.2) is 11.5 Å². The van der Waals surface area contributed by atoms with Gasteiger partial charge in [-0.2, -0.15) is 10.2 Å². The molecule has 9 heteroatoms. The minimum Gasteiger partial charge on any atom is -0.496 e. The molecule has 1 aliphatic heterocycles. The number of aromatic nitrogens is 5. The number of amides is 1. The molecule has 1 atom stereocenters. The molecule has 1 aliphatic rings. The van der Waals surface area contributed by atoms with Gasteiger partial charge in [0.25, 0.3) is 5.91 Å². The maximum absolute atomic E-state index is 13.8. The Labute approximate surface area is 184 Å². The van der Waals surface area contributed by atoms with Gasteiger partial charge in [-0.15, -0.1) is 0 Å². The standard InChI is InChI=1S/C23H23FN6O2/c1-28-12-17(11-25-28)23(31)29-9-3-4-16(13-29)22-26-21-8-5-15(14-30(21)27-22)19-10-18(24)6-7-20(19)32-2/h5-8,10-12,14,16H,3-4,9,13H2,1-2H3/t16-/m1/s1. The number of aryl methyl sites for hydroxylation is 1. The smallest absolute Gasteiger partial charge is 0.257 e. The lowest BCUT2D eigenvalue weighted by molar-refractivity contribution is 0.0704. The molecule has 3 aromatic heterocycles. The lowest BCUT2D eigenvalue weighted by atomic mass is 9.97. The summed E-state index contributed by atoms with van der Waals surface area (Å²) in [6, 6.07) is 8.16. The van der Waals surface area contributed by atoms with Crippen molar-refractivity contribution in [1.82, 2.24) is 29.3 Å². The van der Waals surface area contributed by atoms with Crippen LogP contribution in [0.4, 0.5) is 4.39 Å². The number of carbonyl (C=O) groups excluding carboxylic acids is 1. The second-order valence-electron chi connectivity index (χ2n) is 8.03. The fourth-order valence-electron chi connectivity index (χ4n) is 4.22. The van der Waals surface area contributed by atoms with Crippen molar-refractivity contribution in [3.63, 3.8) is 0 Å². The van der Waals surface area contributed by atoms with Crippen LogP contribution in [-0.2, 0) is 7.05 Å². The van der Waals surface area contributed by atoms with Crippen LogP contribution < -0.4 is 4.74 Å². The van der Waals surface area contributed by atoms with E-state index < -0.39 is 0 Å². The number of carbonyl (C=O) groups is 1. The van der Waals surface area contributed by atoms with E-state index in [9.17, 15) is 9.18 Å². The van der Waals surface area contributed by atoms with Gasteiger partial charge in [0.2, 0.25) is 0 Å². The molecule has 5 rings (SSSR count). The van der Waals surface area contributed by atoms with Crippen molar-refractivity contribution >= 4 is 11.6 Å². The van der Waals surface area contributed by atoms with E-state index in [0.29, 0.717) is 41.4 Å². The van der Waals surface area contributed by atoms with Crippen LogP contribution in [0.2, 0.25) is 0 Å². The van der Waals surface area contributed by atoms with E-state index in [1.54, 1.807) is 41.8 Å². The van der Waals surface area contributed by atoms with E-state index >= 15 is 0 Å². The third-order valence-electron chi connectivity index (χ3n) is 5.85. The fourth-order valence-corrected chi connectivity index (χ4v) is 4.22. The largest absolute Gasteiger partial charge is 0.496 e. The van der Waals surface area contributed by atoms with E-state index in [4.69, 9.17) is 9.72 Å². The van der Waals surface area contributed by atoms with Gasteiger partial charge in [0.1, 0.15) is 11.6 Å². The van der Waals surface area contributed by atoms with Crippen LogP contribution in [0, 0.1) is 5.82 Å². The monoisotopic (exact) mass is 434 g/mol. The van der Waals surface area contributed by atoms with E-state index in [0.717, 1.165) is 18.4 Å². The Kier molecular flexibility index (Phi) is 5.08. The van der Waals surface area contributed by atoms with Crippen molar-refractivity contribution in [2.24, 2.45) is 7.05 Å². The van der Waals surface area contributed by atoms with Crippen LogP contribution in [0.15, 0.2) is 48.9 Å². The third kappa shape index (κ3) is 3.70. The number of pyridine rings is 1. The number of methoxy groups -OCH3 is 1. The lowest BCUT2D eigenvalue weighted by Crippen LogP contribution is -2.39. The highest BCUT2D eigenvalue weighted by Crippen LogP contribution is 2.31. The van der Waals surface area contributed by atoms with Crippen molar-refractivity contribution in [2.75, 3.05) is 20.2 Å². The zero-order chi connectivity index (χ0) is 22.2. The molecule has 164 valence electrons. The maximum atomic E-state index is 13.8. The quantitative estimate of drug-likeness (QED) is 0.493. The first-order chi connectivity index (χ1) is 15.5. The van der Waals surface area contributed by atoms with Crippen LogP contribution in [0.5, 0.6) is 5.75 Å². The number of fused-ring (bicyclic) bond motifs is 1. The average molecular weight is 434 g/mol. The van der Waals surface area contributed by atoms with Gasteiger partial charge < -0.3 is 9.64 Å². The predicted molar refractivity (Wildman–Crippen MR) is 116 cm³/mol. The van der Waals surface area contributed by atoms with E-state index in [-0.39, 0.29) is 17.6 Å². The molecule has 0 spiro atoms. The van der Waals surface area contributed by atoms with Crippen molar-refractivity contribution in [3.05, 3.63) is 66.1 Å². The number of halogens is 1. The van der Waals surface area contributed by atoms with E-state index in [1.807, 2.05) is 23.2 Å². The van der Waals surface area contributed by atoms with Gasteiger partial charge in [-0.25, -0.2) is 13.9 Å². The summed E-state index contributed by atoms with van der Waals surface area (Å²) in [5, 5.41) is 8.79. The number of likely N-dealkylation sites (tertiary alicyclic amines) is 1. The van der Waals surface area contributed by atoms with E-state index in [1.165, 1.54) is 12.1 Å². The molecule has 1 fully saturated rings. The zero-order valence-electron chi connectivity index (χ0n) is 17.9. The number of piperidine rings is 1. The zero-order valence-corrected chi connectivity index (χ0v) is 17.9. The molecule has 4 aromatic rings. The van der Waals surface area contributed by atoms with Crippen molar-refractivity contribution in [2.45, 2.75) is 18.8 Å². The molecule has 0 aliphatic carbocycles. The Balaban J connectivity index is 1.41. The van der Waals surface area contributed by atoms with Crippen LogP contribution >= 0.6 is 0 Å². The van der Waals surface area contributed by atoms with Crippen molar-refractivity contribution in [3.8, 4) is 16.9 Å². The maximum Gasteiger partial charge on any atom is 0.257 e. The number of hydrogen-bond donors (Lipinski definition) is 0. The third-order valence-corrected chi connectivity index (χ3v) is 5.85. The van der Waals surface area contributed by atoms with Crippen LogP contribution in [0.1, 0.15) is 34.9 Å². The highest BCUT2D eigenvalue weighted by molar-refractivity contribution is 5.93. The minimum absolute atomic E-state index is 0.0213. The summed E-state index contributed by atoms with van der Waals surface area (Å²) in [6.45, 7) is 1.27. The summed E-state index contributed by atoms with van der Waals surface area (Å²) < 4.78 is 22.5. The number of hydrogen-bond acceptors (Lipinski definition) is 5. The molecule has 32 heavy (non-hydrogen) atoms. The number of rotatable bonds is 4. The van der Waals surface area contributed by atoms with Gasteiger partial charge >= 0.3 is 0 Å². The summed E-state index contributed by atoms with van der Waals surface area (Å²) in [6.07, 6.45) is 6.95. The lowest BCUT2D eigenvalue weighted by Gasteiger charge is -2.31. The van der Waals surface area contributed by atoms with Gasteiger partial charge in [0, 0.05) is 49.6 Å². The Morgan fingerprint density at radius 2 is 2.09 bits per heavy atom. The summed E-state index contributed by atoms with van der Waals surface area (Å²) >= 11 is 0. The summed E-state index contributed by atoms with van der Waals surface area (Å²) in [5.41, 5.74) is 2.72. The molecule has 0 bridgehead atoms. The SMILES string of the molecule is COc1ccc(F)cc1-c1ccc2nc([C@@H]3CCCN(C(=O)c4cnn(C)c4)C3)nn2c1. The summed E-state index contributed by atoms with van der Waals surface area (Å²) in [5.74, 6) is 0.990. The second-order valence-corrected chi connectivity index (χ2v) is 8.03. The van der Waals surface area contributed by atoms with Gasteiger partial charge in [0.05, 0.1) is 18.9 Å². The molecule has 0 N–H and O–H groups in total. The first-order valence-electron chi connectivity index (χ1n) is 10.5. The Bertz CT molecular complexity index is 1300. The molecule has 1 aromatic carbocycles. The second kappa shape index (κ2) is 8.07. The van der Waals surface area contributed by atoms with Crippen LogP contribution in [0.3, 0.4) is 0 Å². The average Bonchev–Trinajstić information content (AvgIpc) is 3.44. The van der Waals surface area contributed by atoms with E-state index in [2.05, 4.69) is 10.2 Å². The van der Waals surface area contributed by atoms with Gasteiger partial charge in [-0.05, 0) is 43.2 Å². The van der Waals surface area contributed by atoms with Crippen molar-refractivity contribution in [1.29, 1.82) is 0 Å². The topological polar surface area (TPSA) is 77.5 Å². The van der Waals surface area contributed by atoms with Crippen molar-refractivity contribution < 1.29 is 13.9 Å².